The van der Waals surface area contributed by atoms with Crippen LogP contribution in [0.15, 0.2) is 35.2 Å². The van der Waals surface area contributed by atoms with Crippen LogP contribution in [-0.2, 0) is 9.84 Å². The average molecular weight is 287 g/mol. The Morgan fingerprint density at radius 1 is 1.17 bits per heavy atom. The lowest BCUT2D eigenvalue weighted by Crippen LogP contribution is -2.28. The molecular formula is C13H21NO2S2. The number of nitrogens with one attached hydrogen (secondary N) is 1. The predicted octanol–water partition coefficient (Wildman–Crippen LogP) is 2.19. The second-order valence-corrected chi connectivity index (χ2v) is 8.17. The molecule has 3 nitrogen and oxygen atoms in total. The van der Waals surface area contributed by atoms with E-state index in [1.165, 1.54) is 4.90 Å². The van der Waals surface area contributed by atoms with E-state index in [0.29, 0.717) is 6.54 Å². The molecule has 1 aromatic carbocycles. The zero-order valence-electron chi connectivity index (χ0n) is 10.9. The van der Waals surface area contributed by atoms with Crippen LogP contribution < -0.4 is 5.32 Å². The standard InChI is InChI=1S/C13H21NO2S2/c1-12(2)18(15,16)11-9-14-8-10-17-13-6-4-3-5-7-13/h3-7,12,14H,8-11H2,1-2H3. The molecule has 5 heteroatoms. The fourth-order valence-electron chi connectivity index (χ4n) is 1.33. The van der Waals surface area contributed by atoms with Crippen LogP contribution in [-0.4, -0.2) is 38.3 Å². The van der Waals surface area contributed by atoms with Crippen LogP contribution in [0.3, 0.4) is 0 Å². The molecule has 0 unspecified atom stereocenters. The molecule has 102 valence electrons. The van der Waals surface area contributed by atoms with Gasteiger partial charge in [0.2, 0.25) is 0 Å². The summed E-state index contributed by atoms with van der Waals surface area (Å²) in [5.41, 5.74) is 0. The third-order valence-corrected chi connectivity index (χ3v) is 5.80. The number of hydrogen-bond acceptors (Lipinski definition) is 4. The summed E-state index contributed by atoms with van der Waals surface area (Å²) in [6, 6.07) is 10.2. The molecule has 1 rings (SSSR count). The molecule has 0 spiro atoms. The molecule has 0 saturated carbocycles. The Morgan fingerprint density at radius 3 is 2.44 bits per heavy atom. The zero-order chi connectivity index (χ0) is 13.4. The smallest absolute Gasteiger partial charge is 0.153 e. The molecule has 1 aromatic rings. The Labute approximate surface area is 114 Å². The Balaban J connectivity index is 2.10. The SMILES string of the molecule is CC(C)S(=O)(=O)CCNCCSc1ccccc1. The Morgan fingerprint density at radius 2 is 1.83 bits per heavy atom. The molecule has 0 aromatic heterocycles. The van der Waals surface area contributed by atoms with Crippen molar-refractivity contribution in [3.05, 3.63) is 30.3 Å². The van der Waals surface area contributed by atoms with E-state index in [-0.39, 0.29) is 11.0 Å². The maximum absolute atomic E-state index is 11.5. The highest BCUT2D eigenvalue weighted by Gasteiger charge is 2.14. The number of thioether (sulfide) groups is 1. The summed E-state index contributed by atoms with van der Waals surface area (Å²) in [5.74, 6) is 1.17. The lowest BCUT2D eigenvalue weighted by molar-refractivity contribution is 0.583. The minimum Gasteiger partial charge on any atom is -0.315 e. The first-order valence-electron chi connectivity index (χ1n) is 6.12. The number of benzene rings is 1. The lowest BCUT2D eigenvalue weighted by Gasteiger charge is -2.08. The maximum atomic E-state index is 11.5. The number of rotatable bonds is 8. The first-order valence-corrected chi connectivity index (χ1v) is 8.82. The monoisotopic (exact) mass is 287 g/mol. The van der Waals surface area contributed by atoms with Gasteiger partial charge in [-0.05, 0) is 26.0 Å². The van der Waals surface area contributed by atoms with Crippen LogP contribution in [0.2, 0.25) is 0 Å². The van der Waals surface area contributed by atoms with Crippen molar-refractivity contribution >= 4 is 21.6 Å². The Hall–Kier alpha value is -0.520. The van der Waals surface area contributed by atoms with Crippen LogP contribution in [0.1, 0.15) is 13.8 Å². The predicted molar refractivity (Wildman–Crippen MR) is 79.0 cm³/mol. The van der Waals surface area contributed by atoms with Gasteiger partial charge in [0.1, 0.15) is 0 Å². The van der Waals surface area contributed by atoms with Crippen LogP contribution in [0.5, 0.6) is 0 Å². The molecule has 0 aliphatic rings. The van der Waals surface area contributed by atoms with Crippen molar-refractivity contribution in [2.75, 3.05) is 24.6 Å². The molecule has 1 N–H and O–H groups in total. The fraction of sp³-hybridized carbons (Fsp3) is 0.538. The average Bonchev–Trinajstić information content (AvgIpc) is 2.34. The fourth-order valence-corrected chi connectivity index (χ4v) is 3.06. The summed E-state index contributed by atoms with van der Waals surface area (Å²) in [6.07, 6.45) is 0. The van der Waals surface area contributed by atoms with Crippen molar-refractivity contribution in [2.45, 2.75) is 24.0 Å². The third-order valence-electron chi connectivity index (χ3n) is 2.57. The van der Waals surface area contributed by atoms with E-state index < -0.39 is 9.84 Å². The summed E-state index contributed by atoms with van der Waals surface area (Å²) in [5, 5.41) is 2.89. The quantitative estimate of drug-likeness (QED) is 0.588. The van der Waals surface area contributed by atoms with E-state index in [0.717, 1.165) is 12.3 Å². The molecule has 0 saturated heterocycles. The highest BCUT2D eigenvalue weighted by atomic mass is 32.2. The van der Waals surface area contributed by atoms with Gasteiger partial charge in [0, 0.05) is 23.7 Å². The summed E-state index contributed by atoms with van der Waals surface area (Å²) in [4.78, 5) is 1.24. The minimum atomic E-state index is -2.91. The van der Waals surface area contributed by atoms with Crippen LogP contribution >= 0.6 is 11.8 Å². The van der Waals surface area contributed by atoms with Crippen molar-refractivity contribution in [1.82, 2.24) is 5.32 Å². The van der Waals surface area contributed by atoms with E-state index in [1.54, 1.807) is 25.6 Å². The third kappa shape index (κ3) is 5.89. The molecule has 0 radical (unpaired) electrons. The van der Waals surface area contributed by atoms with Gasteiger partial charge in [-0.3, -0.25) is 0 Å². The van der Waals surface area contributed by atoms with Crippen LogP contribution in [0.25, 0.3) is 0 Å². The van der Waals surface area contributed by atoms with Crippen LogP contribution in [0, 0.1) is 0 Å². The Bertz CT molecular complexity index is 430. The topological polar surface area (TPSA) is 46.2 Å². The molecule has 0 fully saturated rings. The van der Waals surface area contributed by atoms with E-state index in [9.17, 15) is 8.42 Å². The van der Waals surface area contributed by atoms with Gasteiger partial charge < -0.3 is 5.32 Å². The van der Waals surface area contributed by atoms with E-state index in [1.807, 2.05) is 18.2 Å². The molecule has 0 heterocycles. The summed E-state index contributed by atoms with van der Waals surface area (Å²) in [6.45, 7) is 4.81. The second-order valence-electron chi connectivity index (χ2n) is 4.33. The summed E-state index contributed by atoms with van der Waals surface area (Å²) in [7, 11) is -2.91. The zero-order valence-corrected chi connectivity index (χ0v) is 12.6. The molecule has 18 heavy (non-hydrogen) atoms. The van der Waals surface area contributed by atoms with E-state index >= 15 is 0 Å². The summed E-state index contributed by atoms with van der Waals surface area (Å²) < 4.78 is 23.1. The molecule has 0 amide bonds. The second kappa shape index (κ2) is 7.81. The van der Waals surface area contributed by atoms with E-state index in [2.05, 4.69) is 17.4 Å². The first-order chi connectivity index (χ1) is 8.52. The summed E-state index contributed by atoms with van der Waals surface area (Å²) >= 11 is 1.77. The van der Waals surface area contributed by atoms with Crippen molar-refractivity contribution < 1.29 is 8.42 Å². The van der Waals surface area contributed by atoms with Crippen molar-refractivity contribution in [2.24, 2.45) is 0 Å². The molecule has 0 bridgehead atoms. The first kappa shape index (κ1) is 15.5. The maximum Gasteiger partial charge on any atom is 0.153 e. The van der Waals surface area contributed by atoms with Gasteiger partial charge in [0.25, 0.3) is 0 Å². The Kier molecular flexibility index (Phi) is 6.75. The molecule has 0 aliphatic heterocycles. The van der Waals surface area contributed by atoms with Gasteiger partial charge in [-0.2, -0.15) is 0 Å². The molecular weight excluding hydrogens is 266 g/mol. The highest BCUT2D eigenvalue weighted by molar-refractivity contribution is 7.99. The van der Waals surface area contributed by atoms with Crippen LogP contribution in [0.4, 0.5) is 0 Å². The van der Waals surface area contributed by atoms with Gasteiger partial charge >= 0.3 is 0 Å². The minimum absolute atomic E-state index is 0.223. The largest absolute Gasteiger partial charge is 0.315 e. The van der Waals surface area contributed by atoms with Gasteiger partial charge in [-0.15, -0.1) is 11.8 Å². The van der Waals surface area contributed by atoms with Gasteiger partial charge in [-0.1, -0.05) is 18.2 Å². The van der Waals surface area contributed by atoms with E-state index in [4.69, 9.17) is 0 Å². The van der Waals surface area contributed by atoms with Crippen molar-refractivity contribution in [1.29, 1.82) is 0 Å². The van der Waals surface area contributed by atoms with Gasteiger partial charge in [0.05, 0.1) is 11.0 Å². The number of hydrogen-bond donors (Lipinski definition) is 1. The van der Waals surface area contributed by atoms with Crippen molar-refractivity contribution in [3.63, 3.8) is 0 Å². The highest BCUT2D eigenvalue weighted by Crippen LogP contribution is 2.15. The van der Waals surface area contributed by atoms with Gasteiger partial charge in [-0.25, -0.2) is 8.42 Å². The molecule has 0 aliphatic carbocycles. The van der Waals surface area contributed by atoms with Gasteiger partial charge in [0.15, 0.2) is 9.84 Å². The number of sulfone groups is 1. The normalized spacial score (nSPS) is 11.9. The van der Waals surface area contributed by atoms with Crippen molar-refractivity contribution in [3.8, 4) is 0 Å². The lowest BCUT2D eigenvalue weighted by atomic mass is 10.4. The molecule has 0 atom stereocenters.